The maximum absolute atomic E-state index is 10.6. The molecule has 0 aliphatic heterocycles. The number of benzene rings is 2. The second kappa shape index (κ2) is 4.22. The van der Waals surface area contributed by atoms with Crippen LogP contribution in [0.3, 0.4) is 0 Å². The van der Waals surface area contributed by atoms with Gasteiger partial charge in [0.25, 0.3) is 0 Å². The summed E-state index contributed by atoms with van der Waals surface area (Å²) in [5.74, 6) is 0.202. The first kappa shape index (κ1) is 11.7. The van der Waals surface area contributed by atoms with Crippen molar-refractivity contribution in [2.24, 2.45) is 0 Å². The van der Waals surface area contributed by atoms with Gasteiger partial charge in [0.2, 0.25) is 0 Å². The molecule has 0 aliphatic carbocycles. The second-order valence-corrected chi connectivity index (χ2v) is 4.49. The van der Waals surface area contributed by atoms with Crippen LogP contribution < -0.4 is 0 Å². The third kappa shape index (κ3) is 2.32. The average molecular weight is 228 g/mol. The normalized spacial score (nSPS) is 14.3. The molecule has 0 saturated carbocycles. The second-order valence-electron chi connectivity index (χ2n) is 4.49. The monoisotopic (exact) mass is 228 g/mol. The lowest BCUT2D eigenvalue weighted by Gasteiger charge is -2.24. The summed E-state index contributed by atoms with van der Waals surface area (Å²) in [5.41, 5.74) is 1.73. The highest BCUT2D eigenvalue weighted by molar-refractivity contribution is 5.38. The summed E-state index contributed by atoms with van der Waals surface area (Å²) in [4.78, 5) is 0. The van der Waals surface area contributed by atoms with Crippen LogP contribution in [0.15, 0.2) is 48.5 Å². The Morgan fingerprint density at radius 1 is 0.824 bits per heavy atom. The van der Waals surface area contributed by atoms with E-state index in [-0.39, 0.29) is 5.75 Å². The molecule has 2 rings (SSSR count). The Kier molecular flexibility index (Phi) is 2.90. The van der Waals surface area contributed by atoms with Crippen LogP contribution in [-0.4, -0.2) is 10.2 Å². The van der Waals surface area contributed by atoms with E-state index in [4.69, 9.17) is 0 Å². The molecule has 1 unspecified atom stereocenters. The lowest BCUT2D eigenvalue weighted by molar-refractivity contribution is 0.102. The number of phenolic OH excluding ortho intramolecular Hbond substituents is 1. The zero-order chi connectivity index (χ0) is 12.5. The standard InChI is InChI=1S/C15H16O2/c1-11-3-5-12(6-4-11)15(2,17)13-7-9-14(16)10-8-13/h3-10,16-17H,1-2H3. The first-order valence-electron chi connectivity index (χ1n) is 5.59. The molecule has 0 radical (unpaired) electrons. The zero-order valence-electron chi connectivity index (χ0n) is 10.0. The molecule has 17 heavy (non-hydrogen) atoms. The summed E-state index contributed by atoms with van der Waals surface area (Å²) in [7, 11) is 0. The van der Waals surface area contributed by atoms with Gasteiger partial charge in [-0.1, -0.05) is 42.0 Å². The number of hydrogen-bond donors (Lipinski definition) is 2. The van der Waals surface area contributed by atoms with Crippen molar-refractivity contribution >= 4 is 0 Å². The Bertz CT molecular complexity index is 448. The average Bonchev–Trinajstić information content (AvgIpc) is 2.30. The van der Waals surface area contributed by atoms with Crippen molar-refractivity contribution < 1.29 is 10.2 Å². The minimum Gasteiger partial charge on any atom is -0.508 e. The quantitative estimate of drug-likeness (QED) is 0.829. The topological polar surface area (TPSA) is 40.5 Å². The summed E-state index contributed by atoms with van der Waals surface area (Å²) in [6.45, 7) is 3.77. The number of aryl methyl sites for hydroxylation is 1. The third-order valence-corrected chi connectivity index (χ3v) is 3.04. The number of hydrogen-bond acceptors (Lipinski definition) is 2. The van der Waals surface area contributed by atoms with E-state index in [1.54, 1.807) is 31.2 Å². The van der Waals surface area contributed by atoms with E-state index in [0.29, 0.717) is 0 Å². The molecule has 0 aliphatic rings. The largest absolute Gasteiger partial charge is 0.508 e. The summed E-state index contributed by atoms with van der Waals surface area (Å²) in [5, 5.41) is 19.8. The van der Waals surface area contributed by atoms with Crippen molar-refractivity contribution in [2.45, 2.75) is 19.4 Å². The smallest absolute Gasteiger partial charge is 0.115 e. The molecule has 2 aromatic carbocycles. The van der Waals surface area contributed by atoms with Gasteiger partial charge >= 0.3 is 0 Å². The Balaban J connectivity index is 2.41. The van der Waals surface area contributed by atoms with Crippen molar-refractivity contribution in [2.75, 3.05) is 0 Å². The number of phenols is 1. The summed E-state index contributed by atoms with van der Waals surface area (Å²) >= 11 is 0. The third-order valence-electron chi connectivity index (χ3n) is 3.04. The highest BCUT2D eigenvalue weighted by atomic mass is 16.3. The van der Waals surface area contributed by atoms with Crippen LogP contribution >= 0.6 is 0 Å². The predicted octanol–water partition coefficient (Wildman–Crippen LogP) is 2.96. The van der Waals surface area contributed by atoms with Crippen molar-refractivity contribution in [3.05, 3.63) is 65.2 Å². The minimum atomic E-state index is -1.04. The molecule has 0 spiro atoms. The molecule has 2 aromatic rings. The van der Waals surface area contributed by atoms with Gasteiger partial charge in [-0.2, -0.15) is 0 Å². The fourth-order valence-electron chi connectivity index (χ4n) is 1.83. The Hall–Kier alpha value is -1.80. The summed E-state index contributed by atoms with van der Waals surface area (Å²) < 4.78 is 0. The SMILES string of the molecule is Cc1ccc(C(C)(O)c2ccc(O)cc2)cc1. The molecule has 0 amide bonds. The lowest BCUT2D eigenvalue weighted by Crippen LogP contribution is -2.22. The van der Waals surface area contributed by atoms with Crippen molar-refractivity contribution in [1.29, 1.82) is 0 Å². The van der Waals surface area contributed by atoms with E-state index >= 15 is 0 Å². The van der Waals surface area contributed by atoms with Crippen LogP contribution in [0.25, 0.3) is 0 Å². The van der Waals surface area contributed by atoms with Crippen LogP contribution in [-0.2, 0) is 5.60 Å². The van der Waals surface area contributed by atoms with Gasteiger partial charge in [-0.25, -0.2) is 0 Å². The van der Waals surface area contributed by atoms with Crippen LogP contribution in [0.1, 0.15) is 23.6 Å². The fourth-order valence-corrected chi connectivity index (χ4v) is 1.83. The van der Waals surface area contributed by atoms with Crippen molar-refractivity contribution in [1.82, 2.24) is 0 Å². The molecule has 0 fully saturated rings. The molecule has 0 aromatic heterocycles. The number of aliphatic hydroxyl groups is 1. The van der Waals surface area contributed by atoms with Gasteiger partial charge in [-0.15, -0.1) is 0 Å². The van der Waals surface area contributed by atoms with Crippen molar-refractivity contribution in [3.8, 4) is 5.75 Å². The van der Waals surface area contributed by atoms with E-state index in [0.717, 1.165) is 16.7 Å². The van der Waals surface area contributed by atoms with Crippen molar-refractivity contribution in [3.63, 3.8) is 0 Å². The Labute approximate surface area is 101 Å². The van der Waals surface area contributed by atoms with Crippen LogP contribution in [0.4, 0.5) is 0 Å². The maximum atomic E-state index is 10.6. The number of aromatic hydroxyl groups is 1. The van der Waals surface area contributed by atoms with Crippen LogP contribution in [0, 0.1) is 6.92 Å². The predicted molar refractivity (Wildman–Crippen MR) is 68.0 cm³/mol. The molecule has 0 heterocycles. The molecule has 2 heteroatoms. The molecule has 2 N–H and O–H groups in total. The first-order chi connectivity index (χ1) is 8.00. The fraction of sp³-hybridized carbons (Fsp3) is 0.200. The van der Waals surface area contributed by atoms with E-state index in [1.165, 1.54) is 0 Å². The molecular weight excluding hydrogens is 212 g/mol. The highest BCUT2D eigenvalue weighted by Gasteiger charge is 2.25. The molecular formula is C15H16O2. The first-order valence-corrected chi connectivity index (χ1v) is 5.59. The zero-order valence-corrected chi connectivity index (χ0v) is 10.0. The summed E-state index contributed by atoms with van der Waals surface area (Å²) in [6, 6.07) is 14.4. The lowest BCUT2D eigenvalue weighted by atomic mass is 9.88. The van der Waals surface area contributed by atoms with Gasteiger partial charge < -0.3 is 10.2 Å². The Morgan fingerprint density at radius 3 is 1.71 bits per heavy atom. The van der Waals surface area contributed by atoms with E-state index in [1.807, 2.05) is 31.2 Å². The van der Waals surface area contributed by atoms with Gasteiger partial charge in [-0.3, -0.25) is 0 Å². The minimum absolute atomic E-state index is 0.202. The van der Waals surface area contributed by atoms with Gasteiger partial charge in [-0.05, 0) is 37.1 Å². The molecule has 88 valence electrons. The van der Waals surface area contributed by atoms with Gasteiger partial charge in [0.1, 0.15) is 11.4 Å². The maximum Gasteiger partial charge on any atom is 0.115 e. The molecule has 2 nitrogen and oxygen atoms in total. The van der Waals surface area contributed by atoms with Gasteiger partial charge in [0.15, 0.2) is 0 Å². The molecule has 1 atom stereocenters. The van der Waals surface area contributed by atoms with E-state index in [2.05, 4.69) is 0 Å². The summed E-state index contributed by atoms with van der Waals surface area (Å²) in [6.07, 6.45) is 0. The highest BCUT2D eigenvalue weighted by Crippen LogP contribution is 2.30. The number of rotatable bonds is 2. The van der Waals surface area contributed by atoms with Gasteiger partial charge in [0.05, 0.1) is 0 Å². The van der Waals surface area contributed by atoms with E-state index < -0.39 is 5.60 Å². The van der Waals surface area contributed by atoms with Crippen LogP contribution in [0.2, 0.25) is 0 Å². The Morgan fingerprint density at radius 2 is 1.24 bits per heavy atom. The molecule has 0 bridgehead atoms. The van der Waals surface area contributed by atoms with E-state index in [9.17, 15) is 10.2 Å². The molecule has 0 saturated heterocycles. The van der Waals surface area contributed by atoms with Crippen LogP contribution in [0.5, 0.6) is 5.75 Å². The van der Waals surface area contributed by atoms with Gasteiger partial charge in [0, 0.05) is 0 Å².